The molecule has 2 aliphatic heterocycles. The first-order chi connectivity index (χ1) is 5.77. The SMILES string of the molecule is CC1CN(C)CC1N1C=CNN1. The topological polar surface area (TPSA) is 30.5 Å². The Balaban J connectivity index is 1.99. The van der Waals surface area contributed by atoms with Crippen LogP contribution in [0.5, 0.6) is 0 Å². The lowest BCUT2D eigenvalue weighted by atomic mass is 10.1. The number of likely N-dealkylation sites (N-methyl/N-ethyl adjacent to an activating group) is 1. The first-order valence-electron chi connectivity index (χ1n) is 4.42. The number of nitrogens with one attached hydrogen (secondary N) is 2. The Morgan fingerprint density at radius 3 is 2.75 bits per heavy atom. The second kappa shape index (κ2) is 2.95. The highest BCUT2D eigenvalue weighted by atomic mass is 15.7. The molecule has 2 heterocycles. The van der Waals surface area contributed by atoms with Crippen molar-refractivity contribution < 1.29 is 0 Å². The van der Waals surface area contributed by atoms with Gasteiger partial charge in [0.05, 0.1) is 6.04 Å². The highest BCUT2D eigenvalue weighted by molar-refractivity contribution is 4.93. The molecule has 68 valence electrons. The monoisotopic (exact) mass is 168 g/mol. The smallest absolute Gasteiger partial charge is 0.0630 e. The molecule has 2 rings (SSSR count). The van der Waals surface area contributed by atoms with E-state index in [0.717, 1.165) is 12.5 Å². The van der Waals surface area contributed by atoms with E-state index in [2.05, 4.69) is 41.0 Å². The van der Waals surface area contributed by atoms with Crippen LogP contribution < -0.4 is 11.0 Å². The molecule has 0 spiro atoms. The van der Waals surface area contributed by atoms with E-state index in [1.54, 1.807) is 0 Å². The van der Waals surface area contributed by atoms with Crippen LogP contribution >= 0.6 is 0 Å². The minimum Gasteiger partial charge on any atom is -0.310 e. The van der Waals surface area contributed by atoms with E-state index < -0.39 is 0 Å². The Hall–Kier alpha value is -0.740. The zero-order chi connectivity index (χ0) is 8.55. The Labute approximate surface area is 73.2 Å². The normalized spacial score (nSPS) is 36.0. The number of likely N-dealkylation sites (tertiary alicyclic amines) is 1. The van der Waals surface area contributed by atoms with Crippen molar-refractivity contribution in [2.45, 2.75) is 13.0 Å². The Kier molecular flexibility index (Phi) is 1.94. The number of hydrazine groups is 2. The Morgan fingerprint density at radius 2 is 2.25 bits per heavy atom. The molecule has 0 aromatic heterocycles. The maximum atomic E-state index is 3.10. The van der Waals surface area contributed by atoms with Crippen LogP contribution in [0.1, 0.15) is 6.92 Å². The summed E-state index contributed by atoms with van der Waals surface area (Å²) in [6, 6.07) is 0.598. The van der Waals surface area contributed by atoms with Gasteiger partial charge in [0.2, 0.25) is 0 Å². The van der Waals surface area contributed by atoms with Gasteiger partial charge in [0.1, 0.15) is 0 Å². The zero-order valence-corrected chi connectivity index (χ0v) is 7.62. The molecule has 0 amide bonds. The average molecular weight is 168 g/mol. The highest BCUT2D eigenvalue weighted by Gasteiger charge is 2.31. The van der Waals surface area contributed by atoms with E-state index in [1.807, 2.05) is 6.20 Å². The minimum atomic E-state index is 0.598. The van der Waals surface area contributed by atoms with E-state index in [9.17, 15) is 0 Å². The van der Waals surface area contributed by atoms with Crippen LogP contribution in [-0.2, 0) is 0 Å². The van der Waals surface area contributed by atoms with Crippen LogP contribution in [0.4, 0.5) is 0 Å². The summed E-state index contributed by atoms with van der Waals surface area (Å²) in [6.07, 6.45) is 3.98. The summed E-state index contributed by atoms with van der Waals surface area (Å²) in [7, 11) is 2.17. The summed E-state index contributed by atoms with van der Waals surface area (Å²) in [4.78, 5) is 2.36. The van der Waals surface area contributed by atoms with Crippen molar-refractivity contribution in [3.63, 3.8) is 0 Å². The fourth-order valence-corrected chi connectivity index (χ4v) is 2.01. The molecule has 4 nitrogen and oxygen atoms in total. The van der Waals surface area contributed by atoms with Crippen LogP contribution in [0.15, 0.2) is 12.4 Å². The van der Waals surface area contributed by atoms with Crippen molar-refractivity contribution in [2.75, 3.05) is 20.1 Å². The third-order valence-electron chi connectivity index (χ3n) is 2.62. The number of hydrogen-bond acceptors (Lipinski definition) is 4. The largest absolute Gasteiger partial charge is 0.310 e. The van der Waals surface area contributed by atoms with Crippen LogP contribution in [0.2, 0.25) is 0 Å². The maximum absolute atomic E-state index is 3.10. The molecule has 0 aromatic rings. The van der Waals surface area contributed by atoms with E-state index in [-0.39, 0.29) is 0 Å². The van der Waals surface area contributed by atoms with Crippen molar-refractivity contribution in [3.05, 3.63) is 12.4 Å². The van der Waals surface area contributed by atoms with Gasteiger partial charge in [-0.1, -0.05) is 6.92 Å². The molecular formula is C8H16N4. The summed E-state index contributed by atoms with van der Waals surface area (Å²) >= 11 is 0. The van der Waals surface area contributed by atoms with Crippen molar-refractivity contribution in [1.29, 1.82) is 0 Å². The molecule has 0 aliphatic carbocycles. The maximum Gasteiger partial charge on any atom is 0.0630 e. The molecule has 1 saturated heterocycles. The molecule has 2 N–H and O–H groups in total. The minimum absolute atomic E-state index is 0.598. The fourth-order valence-electron chi connectivity index (χ4n) is 2.01. The first-order valence-corrected chi connectivity index (χ1v) is 4.42. The van der Waals surface area contributed by atoms with Gasteiger partial charge in [-0.3, -0.25) is 5.01 Å². The Morgan fingerprint density at radius 1 is 1.42 bits per heavy atom. The molecule has 1 fully saturated rings. The molecule has 0 radical (unpaired) electrons. The van der Waals surface area contributed by atoms with Gasteiger partial charge in [-0.25, -0.2) is 0 Å². The third kappa shape index (κ3) is 1.28. The first kappa shape index (κ1) is 7.89. The lowest BCUT2D eigenvalue weighted by Crippen LogP contribution is -2.45. The van der Waals surface area contributed by atoms with Crippen LogP contribution in [0.25, 0.3) is 0 Å². The number of hydrogen-bond donors (Lipinski definition) is 2. The molecule has 4 heteroatoms. The fraction of sp³-hybridized carbons (Fsp3) is 0.750. The average Bonchev–Trinajstić information content (AvgIpc) is 2.58. The van der Waals surface area contributed by atoms with Crippen molar-refractivity contribution in [2.24, 2.45) is 5.92 Å². The van der Waals surface area contributed by atoms with E-state index in [0.29, 0.717) is 6.04 Å². The van der Waals surface area contributed by atoms with E-state index in [1.165, 1.54) is 6.54 Å². The molecule has 0 bridgehead atoms. The summed E-state index contributed by atoms with van der Waals surface area (Å²) in [5, 5.41) is 2.15. The van der Waals surface area contributed by atoms with Crippen molar-refractivity contribution in [1.82, 2.24) is 20.9 Å². The van der Waals surface area contributed by atoms with E-state index >= 15 is 0 Å². The van der Waals surface area contributed by atoms with Crippen molar-refractivity contribution >= 4 is 0 Å². The lowest BCUT2D eigenvalue weighted by Gasteiger charge is -2.25. The van der Waals surface area contributed by atoms with Gasteiger partial charge in [-0.2, -0.15) is 0 Å². The van der Waals surface area contributed by atoms with Gasteiger partial charge < -0.3 is 10.3 Å². The molecule has 0 aromatic carbocycles. The van der Waals surface area contributed by atoms with Gasteiger partial charge in [0.15, 0.2) is 0 Å². The summed E-state index contributed by atoms with van der Waals surface area (Å²) in [5.41, 5.74) is 6.06. The third-order valence-corrected chi connectivity index (χ3v) is 2.62. The van der Waals surface area contributed by atoms with Crippen LogP contribution in [-0.4, -0.2) is 36.1 Å². The quantitative estimate of drug-likeness (QED) is 0.564. The molecule has 12 heavy (non-hydrogen) atoms. The van der Waals surface area contributed by atoms with Gasteiger partial charge in [-0.15, -0.1) is 5.53 Å². The lowest BCUT2D eigenvalue weighted by molar-refractivity contribution is 0.174. The molecule has 2 aliphatic rings. The molecule has 2 atom stereocenters. The standard InChI is InChI=1S/C8H16N4/c1-7-5-11(2)6-8(7)12-4-3-9-10-12/h3-4,7-10H,5-6H2,1-2H3. The summed E-state index contributed by atoms with van der Waals surface area (Å²) < 4.78 is 0. The second-order valence-corrected chi connectivity index (χ2v) is 3.74. The molecule has 2 unspecified atom stereocenters. The predicted octanol–water partition coefficient (Wildman–Crippen LogP) is -0.267. The Bertz CT molecular complexity index is 191. The summed E-state index contributed by atoms with van der Waals surface area (Å²) in [6.45, 7) is 4.62. The summed E-state index contributed by atoms with van der Waals surface area (Å²) in [5.74, 6) is 0.729. The van der Waals surface area contributed by atoms with E-state index in [4.69, 9.17) is 0 Å². The second-order valence-electron chi connectivity index (χ2n) is 3.74. The van der Waals surface area contributed by atoms with Gasteiger partial charge >= 0.3 is 0 Å². The predicted molar refractivity (Wildman–Crippen MR) is 47.7 cm³/mol. The van der Waals surface area contributed by atoms with Crippen molar-refractivity contribution in [3.8, 4) is 0 Å². The van der Waals surface area contributed by atoms with Gasteiger partial charge in [0.25, 0.3) is 0 Å². The van der Waals surface area contributed by atoms with Gasteiger partial charge in [0, 0.05) is 25.5 Å². The number of rotatable bonds is 1. The van der Waals surface area contributed by atoms with Crippen LogP contribution in [0, 0.1) is 5.92 Å². The zero-order valence-electron chi connectivity index (χ0n) is 7.62. The number of nitrogens with zero attached hydrogens (tertiary/aromatic N) is 2. The molecular weight excluding hydrogens is 152 g/mol. The van der Waals surface area contributed by atoms with Gasteiger partial charge in [-0.05, 0) is 13.0 Å². The highest BCUT2D eigenvalue weighted by Crippen LogP contribution is 2.19. The molecule has 0 saturated carbocycles. The van der Waals surface area contributed by atoms with Crippen LogP contribution in [0.3, 0.4) is 0 Å².